The molecule has 0 aliphatic heterocycles. The van der Waals surface area contributed by atoms with Crippen LogP contribution in [0.5, 0.6) is 0 Å². The van der Waals surface area contributed by atoms with Crippen molar-refractivity contribution in [1.29, 1.82) is 0 Å². The predicted octanol–water partition coefficient (Wildman–Crippen LogP) is 5.69. The summed E-state index contributed by atoms with van der Waals surface area (Å²) in [7, 11) is 0. The third kappa shape index (κ3) is 5.80. The van der Waals surface area contributed by atoms with Gasteiger partial charge in [0.1, 0.15) is 18.0 Å². The van der Waals surface area contributed by atoms with Crippen LogP contribution in [0, 0.1) is 39.4 Å². The zero-order valence-electron chi connectivity index (χ0n) is 29.1. The van der Waals surface area contributed by atoms with E-state index in [1.807, 2.05) is 6.92 Å². The Kier molecular flexibility index (Phi) is 9.10. The minimum absolute atomic E-state index is 0.0174. The van der Waals surface area contributed by atoms with E-state index in [0.717, 1.165) is 24.8 Å². The van der Waals surface area contributed by atoms with Crippen molar-refractivity contribution < 1.29 is 43.3 Å². The van der Waals surface area contributed by atoms with Crippen LogP contribution in [0.4, 0.5) is 0 Å². The molecule has 0 radical (unpaired) electrons. The molecule has 252 valence electrons. The van der Waals surface area contributed by atoms with Crippen molar-refractivity contribution in [1.82, 2.24) is 0 Å². The van der Waals surface area contributed by atoms with Crippen LogP contribution in [-0.2, 0) is 38.2 Å². The first-order valence-corrected chi connectivity index (χ1v) is 16.5. The van der Waals surface area contributed by atoms with Gasteiger partial charge in [-0.3, -0.25) is 24.0 Å². The number of rotatable bonds is 8. The number of hydrogen-bond donors (Lipinski definition) is 1. The molecule has 0 unspecified atom stereocenters. The van der Waals surface area contributed by atoms with Gasteiger partial charge in [-0.25, -0.2) is 0 Å². The fourth-order valence-corrected chi connectivity index (χ4v) is 10.6. The van der Waals surface area contributed by atoms with Gasteiger partial charge in [0.05, 0.1) is 5.60 Å². The van der Waals surface area contributed by atoms with E-state index in [4.69, 9.17) is 14.2 Å². The SMILES string of the molecule is CC(=O)O[C@@H](C[C@@H](C)C1=C2C[C@H](OC(C)=O)[C@H]3[C@@]4(C)CCC(=O)C(C)(C)[C@@H]4CC[C@]3(C)[C@@]2(C)CC1=O)[C@@H](OC(C)=O)C(C)(C)O. The Labute approximate surface area is 268 Å². The number of ether oxygens (including phenoxy) is 3. The number of aliphatic hydroxyl groups is 1. The number of fused-ring (bicyclic) bond motifs is 5. The van der Waals surface area contributed by atoms with Crippen molar-refractivity contribution in [2.24, 2.45) is 39.4 Å². The van der Waals surface area contributed by atoms with Crippen molar-refractivity contribution in [3.05, 3.63) is 11.1 Å². The minimum atomic E-state index is -1.52. The summed E-state index contributed by atoms with van der Waals surface area (Å²) in [5, 5.41) is 10.9. The van der Waals surface area contributed by atoms with E-state index in [-0.39, 0.29) is 46.6 Å². The topological polar surface area (TPSA) is 133 Å². The van der Waals surface area contributed by atoms with Crippen molar-refractivity contribution in [3.63, 3.8) is 0 Å². The molecule has 0 aromatic carbocycles. The van der Waals surface area contributed by atoms with Crippen LogP contribution in [0.3, 0.4) is 0 Å². The summed E-state index contributed by atoms with van der Waals surface area (Å²) in [4.78, 5) is 64.1. The van der Waals surface area contributed by atoms with Gasteiger partial charge in [0, 0.05) is 56.8 Å². The molecule has 0 amide bonds. The van der Waals surface area contributed by atoms with E-state index in [1.54, 1.807) is 0 Å². The van der Waals surface area contributed by atoms with Crippen LogP contribution in [0.25, 0.3) is 0 Å². The van der Waals surface area contributed by atoms with Crippen LogP contribution in [0.1, 0.15) is 121 Å². The highest BCUT2D eigenvalue weighted by atomic mass is 16.6. The van der Waals surface area contributed by atoms with Crippen LogP contribution in [0.2, 0.25) is 0 Å². The third-order valence-electron chi connectivity index (χ3n) is 12.5. The molecule has 4 rings (SSSR count). The highest BCUT2D eigenvalue weighted by Crippen LogP contribution is 2.74. The second kappa shape index (κ2) is 11.6. The Morgan fingerprint density at radius 2 is 1.56 bits per heavy atom. The summed E-state index contributed by atoms with van der Waals surface area (Å²) in [5.74, 6) is -1.59. The molecule has 0 heterocycles. The first-order chi connectivity index (χ1) is 20.5. The molecule has 0 spiro atoms. The lowest BCUT2D eigenvalue weighted by atomic mass is 9.36. The summed E-state index contributed by atoms with van der Waals surface area (Å²) in [6, 6.07) is 0. The average molecular weight is 631 g/mol. The zero-order chi connectivity index (χ0) is 34.1. The molecule has 9 heteroatoms. The van der Waals surface area contributed by atoms with Crippen LogP contribution in [0.15, 0.2) is 11.1 Å². The second-order valence-corrected chi connectivity index (χ2v) is 16.3. The quantitative estimate of drug-likeness (QED) is 0.265. The van der Waals surface area contributed by atoms with E-state index >= 15 is 0 Å². The summed E-state index contributed by atoms with van der Waals surface area (Å²) in [6.45, 7) is 19.6. The van der Waals surface area contributed by atoms with Gasteiger partial charge in [0.2, 0.25) is 0 Å². The molecule has 1 N–H and O–H groups in total. The molecule has 4 aliphatic rings. The van der Waals surface area contributed by atoms with Crippen LogP contribution in [-0.4, -0.2) is 58.5 Å². The predicted molar refractivity (Wildman–Crippen MR) is 167 cm³/mol. The highest BCUT2D eigenvalue weighted by Gasteiger charge is 2.70. The van der Waals surface area contributed by atoms with Crippen molar-refractivity contribution >= 4 is 29.5 Å². The lowest BCUT2D eigenvalue weighted by Gasteiger charge is -2.68. The first kappa shape index (κ1) is 35.3. The molecule has 3 fully saturated rings. The fourth-order valence-electron chi connectivity index (χ4n) is 10.6. The third-order valence-corrected chi connectivity index (χ3v) is 12.5. The van der Waals surface area contributed by atoms with Gasteiger partial charge in [-0.15, -0.1) is 0 Å². The Bertz CT molecular complexity index is 1300. The molecule has 45 heavy (non-hydrogen) atoms. The molecule has 9 nitrogen and oxygen atoms in total. The van der Waals surface area contributed by atoms with Crippen LogP contribution < -0.4 is 0 Å². The lowest BCUT2D eigenvalue weighted by molar-refractivity contribution is -0.217. The molecule has 3 saturated carbocycles. The maximum Gasteiger partial charge on any atom is 0.303 e. The van der Waals surface area contributed by atoms with Gasteiger partial charge in [-0.2, -0.15) is 0 Å². The molecular weight excluding hydrogens is 576 g/mol. The lowest BCUT2D eigenvalue weighted by Crippen LogP contribution is -2.66. The second-order valence-electron chi connectivity index (χ2n) is 16.3. The molecule has 0 bridgehead atoms. The normalized spacial score (nSPS) is 36.2. The number of allylic oxidation sites excluding steroid dienone is 1. The minimum Gasteiger partial charge on any atom is -0.462 e. The maximum atomic E-state index is 14.1. The van der Waals surface area contributed by atoms with Gasteiger partial charge in [0.15, 0.2) is 11.9 Å². The van der Waals surface area contributed by atoms with E-state index in [9.17, 15) is 29.1 Å². The molecule has 0 aromatic heterocycles. The Hall–Kier alpha value is -2.55. The van der Waals surface area contributed by atoms with Crippen molar-refractivity contribution in [3.8, 4) is 0 Å². The fraction of sp³-hybridized carbons (Fsp3) is 0.806. The molecular formula is C36H54O9. The molecule has 0 aromatic rings. The smallest absolute Gasteiger partial charge is 0.303 e. The number of Topliss-reactive ketones (excluding diaryl/α,β-unsaturated/α-hetero) is 2. The zero-order valence-corrected chi connectivity index (χ0v) is 29.1. The Morgan fingerprint density at radius 1 is 0.956 bits per heavy atom. The van der Waals surface area contributed by atoms with E-state index in [2.05, 4.69) is 34.6 Å². The van der Waals surface area contributed by atoms with E-state index in [1.165, 1.54) is 34.6 Å². The Morgan fingerprint density at radius 3 is 2.09 bits per heavy atom. The summed E-state index contributed by atoms with van der Waals surface area (Å²) in [5.41, 5.74) is -1.53. The van der Waals surface area contributed by atoms with Crippen LogP contribution >= 0.6 is 0 Å². The Balaban J connectivity index is 1.81. The van der Waals surface area contributed by atoms with E-state index in [0.29, 0.717) is 24.8 Å². The summed E-state index contributed by atoms with van der Waals surface area (Å²) < 4.78 is 17.3. The summed E-state index contributed by atoms with van der Waals surface area (Å²) in [6.07, 6.45) is 1.13. The number of carbonyl (C=O) groups is 5. The van der Waals surface area contributed by atoms with Crippen molar-refractivity contribution in [2.75, 3.05) is 0 Å². The number of ketones is 2. The maximum absolute atomic E-state index is 14.1. The summed E-state index contributed by atoms with van der Waals surface area (Å²) >= 11 is 0. The largest absolute Gasteiger partial charge is 0.462 e. The highest BCUT2D eigenvalue weighted by molar-refractivity contribution is 6.00. The van der Waals surface area contributed by atoms with Gasteiger partial charge < -0.3 is 19.3 Å². The van der Waals surface area contributed by atoms with Gasteiger partial charge in [0.25, 0.3) is 0 Å². The number of esters is 3. The molecule has 0 saturated heterocycles. The van der Waals surface area contributed by atoms with Gasteiger partial charge in [-0.1, -0.05) is 47.1 Å². The monoisotopic (exact) mass is 630 g/mol. The molecule has 4 aliphatic carbocycles. The van der Waals surface area contributed by atoms with E-state index < -0.39 is 52.6 Å². The standard InChI is InChI=1S/C36H54O9/c1-19(16-26(44-21(3)38)31(33(7,8)42)45-22(4)39)29-23-17-25(43-20(2)37)30-34(9)14-13-28(41)32(5,6)27(34)12-15-35(30,10)36(23,11)18-24(29)40/h19,25-27,30-31,42H,12-18H2,1-11H3/t19-,25+,26+,27+,30+,31-,34+,35+,36+/m1/s1. The first-order valence-electron chi connectivity index (χ1n) is 16.5. The van der Waals surface area contributed by atoms with Crippen molar-refractivity contribution in [2.45, 2.75) is 145 Å². The number of carbonyl (C=O) groups excluding carboxylic acids is 5. The van der Waals surface area contributed by atoms with Gasteiger partial charge >= 0.3 is 17.9 Å². The van der Waals surface area contributed by atoms with Gasteiger partial charge in [-0.05, 0) is 67.8 Å². The number of hydrogen-bond acceptors (Lipinski definition) is 9. The average Bonchev–Trinajstić information content (AvgIpc) is 3.13. The molecule has 9 atom stereocenters.